The first-order valence-electron chi connectivity index (χ1n) is 9.18. The van der Waals surface area contributed by atoms with Crippen molar-refractivity contribution in [1.82, 2.24) is 4.90 Å². The molecule has 5 nitrogen and oxygen atoms in total. The molecule has 0 aromatic heterocycles. The number of ketones is 1. The molecule has 3 heterocycles. The van der Waals surface area contributed by atoms with Crippen molar-refractivity contribution in [3.63, 3.8) is 0 Å². The molecule has 0 spiro atoms. The van der Waals surface area contributed by atoms with Gasteiger partial charge in [0.05, 0.1) is 29.6 Å². The Hall–Kier alpha value is -2.73. The largest absolute Gasteiger partial charge is 0.359 e. The topological polar surface area (TPSA) is 57.7 Å². The van der Waals surface area contributed by atoms with Crippen LogP contribution in [0.25, 0.3) is 6.08 Å². The molecule has 2 aromatic rings. The Morgan fingerprint density at radius 3 is 2.39 bits per heavy atom. The van der Waals surface area contributed by atoms with Crippen LogP contribution in [-0.4, -0.2) is 28.5 Å². The average molecular weight is 437 g/mol. The van der Waals surface area contributed by atoms with Gasteiger partial charge >= 0.3 is 0 Å². The van der Waals surface area contributed by atoms with Gasteiger partial charge in [-0.2, -0.15) is 0 Å². The molecule has 0 saturated carbocycles. The lowest BCUT2D eigenvalue weighted by molar-refractivity contribution is -0.129. The molecule has 0 radical (unpaired) electrons. The van der Waals surface area contributed by atoms with E-state index in [2.05, 4.69) is 15.9 Å². The molecular weight excluding hydrogens is 420 g/mol. The van der Waals surface area contributed by atoms with Crippen LogP contribution in [-0.2, 0) is 14.4 Å². The predicted molar refractivity (Wildman–Crippen MR) is 108 cm³/mol. The summed E-state index contributed by atoms with van der Waals surface area (Å²) in [6.45, 7) is 1.50. The van der Waals surface area contributed by atoms with Gasteiger partial charge in [0.1, 0.15) is 0 Å². The van der Waals surface area contributed by atoms with Crippen LogP contribution in [0.15, 0.2) is 59.2 Å². The van der Waals surface area contributed by atoms with Crippen molar-refractivity contribution in [2.75, 3.05) is 4.90 Å². The number of para-hydroxylation sites is 1. The van der Waals surface area contributed by atoms with Gasteiger partial charge in [0.15, 0.2) is 5.78 Å². The third kappa shape index (κ3) is 2.21. The smallest absolute Gasteiger partial charge is 0.240 e. The Morgan fingerprint density at radius 1 is 0.964 bits per heavy atom. The number of carbonyl (C=O) groups excluding carboxylic acids is 3. The molecule has 0 aliphatic carbocycles. The summed E-state index contributed by atoms with van der Waals surface area (Å²) in [5.74, 6) is -1.91. The van der Waals surface area contributed by atoms with Crippen LogP contribution < -0.4 is 4.90 Å². The number of anilines is 1. The highest BCUT2D eigenvalue weighted by atomic mass is 79.9. The zero-order valence-electron chi connectivity index (χ0n) is 15.1. The minimum Gasteiger partial charge on any atom is -0.359 e. The van der Waals surface area contributed by atoms with E-state index in [1.165, 1.54) is 11.8 Å². The van der Waals surface area contributed by atoms with E-state index in [-0.39, 0.29) is 23.6 Å². The summed E-state index contributed by atoms with van der Waals surface area (Å²) in [7, 11) is 0. The lowest BCUT2D eigenvalue weighted by atomic mass is 9.84. The summed E-state index contributed by atoms with van der Waals surface area (Å²) in [5.41, 5.74) is 2.53. The first-order chi connectivity index (χ1) is 13.5. The molecule has 2 fully saturated rings. The van der Waals surface area contributed by atoms with Crippen LogP contribution in [0.3, 0.4) is 0 Å². The van der Waals surface area contributed by atoms with Crippen molar-refractivity contribution in [3.05, 3.63) is 70.3 Å². The van der Waals surface area contributed by atoms with Crippen LogP contribution in [0.5, 0.6) is 0 Å². The molecule has 3 aliphatic rings. The van der Waals surface area contributed by atoms with Crippen LogP contribution in [0.4, 0.5) is 5.69 Å². The van der Waals surface area contributed by atoms with Crippen molar-refractivity contribution in [2.24, 2.45) is 11.8 Å². The lowest BCUT2D eigenvalue weighted by Crippen LogP contribution is -2.43. The van der Waals surface area contributed by atoms with Gasteiger partial charge in [0.2, 0.25) is 11.8 Å². The Bertz CT molecular complexity index is 1060. The fourth-order valence-corrected chi connectivity index (χ4v) is 5.35. The molecule has 2 amide bonds. The van der Waals surface area contributed by atoms with Crippen molar-refractivity contribution in [1.29, 1.82) is 0 Å². The molecule has 0 bridgehead atoms. The van der Waals surface area contributed by atoms with Crippen LogP contribution >= 0.6 is 15.9 Å². The molecule has 0 N–H and O–H groups in total. The monoisotopic (exact) mass is 436 g/mol. The molecule has 28 heavy (non-hydrogen) atoms. The van der Waals surface area contributed by atoms with E-state index in [1.807, 2.05) is 47.5 Å². The number of benzene rings is 2. The molecule has 2 aromatic carbocycles. The highest BCUT2D eigenvalue weighted by molar-refractivity contribution is 9.10. The van der Waals surface area contributed by atoms with E-state index >= 15 is 0 Å². The van der Waals surface area contributed by atoms with Gasteiger partial charge < -0.3 is 4.90 Å². The van der Waals surface area contributed by atoms with Crippen LogP contribution in [0.1, 0.15) is 24.1 Å². The lowest BCUT2D eigenvalue weighted by Gasteiger charge is -2.35. The molecule has 6 heteroatoms. The number of amides is 2. The first-order valence-corrected chi connectivity index (χ1v) is 9.97. The van der Waals surface area contributed by atoms with Gasteiger partial charge in [-0.3, -0.25) is 14.4 Å². The second kappa shape index (κ2) is 6.14. The Kier molecular flexibility index (Phi) is 3.81. The van der Waals surface area contributed by atoms with Crippen molar-refractivity contribution in [2.45, 2.75) is 19.0 Å². The molecular formula is C22H17BrN2O3. The van der Waals surface area contributed by atoms with Gasteiger partial charge in [-0.1, -0.05) is 36.4 Å². The Labute approximate surface area is 170 Å². The number of fused-ring (bicyclic) bond motifs is 5. The zero-order valence-corrected chi connectivity index (χ0v) is 16.7. The first kappa shape index (κ1) is 17.4. The van der Waals surface area contributed by atoms with E-state index in [1.54, 1.807) is 18.2 Å². The maximum Gasteiger partial charge on any atom is 0.240 e. The number of hydrogen-bond donors (Lipinski definition) is 0. The number of hydrogen-bond acceptors (Lipinski definition) is 4. The van der Waals surface area contributed by atoms with E-state index in [4.69, 9.17) is 0 Å². The second-order valence-corrected chi connectivity index (χ2v) is 8.26. The van der Waals surface area contributed by atoms with Gasteiger partial charge in [-0.15, -0.1) is 0 Å². The molecule has 4 atom stereocenters. The summed E-state index contributed by atoms with van der Waals surface area (Å²) >= 11 is 3.45. The average Bonchev–Trinajstić information content (AvgIpc) is 3.16. The summed E-state index contributed by atoms with van der Waals surface area (Å²) in [5, 5.41) is 0. The fraction of sp³-hybridized carbons (Fsp3) is 0.227. The molecule has 140 valence electrons. The van der Waals surface area contributed by atoms with E-state index in [0.29, 0.717) is 10.2 Å². The van der Waals surface area contributed by atoms with E-state index in [0.717, 1.165) is 11.1 Å². The van der Waals surface area contributed by atoms with Gasteiger partial charge in [0.25, 0.3) is 0 Å². The third-order valence-corrected chi connectivity index (χ3v) is 6.64. The summed E-state index contributed by atoms with van der Waals surface area (Å²) < 4.78 is 0.678. The minimum absolute atomic E-state index is 0.100. The fourth-order valence-electron chi connectivity index (χ4n) is 4.89. The number of imide groups is 1. The normalized spacial score (nSPS) is 27.6. The zero-order chi connectivity index (χ0) is 19.6. The highest BCUT2D eigenvalue weighted by Gasteiger charge is 2.64. The van der Waals surface area contributed by atoms with Gasteiger partial charge in [0, 0.05) is 10.7 Å². The number of carbonyl (C=O) groups is 3. The second-order valence-electron chi connectivity index (χ2n) is 7.41. The maximum atomic E-state index is 13.5. The molecule has 1 unspecified atom stereocenters. The van der Waals surface area contributed by atoms with Crippen molar-refractivity contribution in [3.8, 4) is 0 Å². The highest BCUT2D eigenvalue weighted by Crippen LogP contribution is 2.53. The molecule has 3 aliphatic heterocycles. The van der Waals surface area contributed by atoms with Crippen LogP contribution in [0.2, 0.25) is 0 Å². The van der Waals surface area contributed by atoms with Gasteiger partial charge in [-0.05, 0) is 52.2 Å². The Morgan fingerprint density at radius 2 is 1.64 bits per heavy atom. The van der Waals surface area contributed by atoms with E-state index in [9.17, 15) is 14.4 Å². The standard InChI is InChI=1S/C22H17BrN2O3/c1-12(26)19-17-18(20-14-7-3-2-6-13(14)10-11-24(19)20)22(28)25(21(17)27)16-9-5-4-8-15(16)23/h2-11,17-20H,1H3/t17-,18+,19-,20?/m1/s1. The third-order valence-electron chi connectivity index (χ3n) is 5.97. The maximum absolute atomic E-state index is 13.5. The molecule has 2 saturated heterocycles. The number of rotatable bonds is 2. The number of Topliss-reactive ketones (excluding diaryl/α,β-unsaturated/α-hetero) is 1. The van der Waals surface area contributed by atoms with Crippen molar-refractivity contribution >= 4 is 45.3 Å². The van der Waals surface area contributed by atoms with E-state index < -0.39 is 17.9 Å². The predicted octanol–water partition coefficient (Wildman–Crippen LogP) is 3.55. The number of nitrogens with zero attached hydrogens (tertiary/aromatic N) is 2. The van der Waals surface area contributed by atoms with Gasteiger partial charge in [-0.25, -0.2) is 4.90 Å². The summed E-state index contributed by atoms with van der Waals surface area (Å²) in [6, 6.07) is 14.1. The quantitative estimate of drug-likeness (QED) is 0.675. The van der Waals surface area contributed by atoms with Crippen LogP contribution in [0, 0.1) is 11.8 Å². The minimum atomic E-state index is -0.682. The van der Waals surface area contributed by atoms with Crippen molar-refractivity contribution < 1.29 is 14.4 Å². The SMILES string of the molecule is CC(=O)[C@@H]1[C@@H]2C(=O)N(c3ccccc3Br)C(=O)[C@@H]2C2c3ccccc3C=CN21. The number of halogens is 1. The molecule has 5 rings (SSSR count). The summed E-state index contributed by atoms with van der Waals surface area (Å²) in [4.78, 5) is 42.6. The Balaban J connectivity index is 1.67. The summed E-state index contributed by atoms with van der Waals surface area (Å²) in [6.07, 6.45) is 3.81.